The molecule has 1 atom stereocenters. The Morgan fingerprint density at radius 3 is 2.11 bits per heavy atom. The highest BCUT2D eigenvalue weighted by molar-refractivity contribution is 5.75. The highest BCUT2D eigenvalue weighted by Crippen LogP contribution is 2.33. The van der Waals surface area contributed by atoms with Gasteiger partial charge in [0.05, 0.1) is 6.61 Å². The van der Waals surface area contributed by atoms with Gasteiger partial charge in [0.15, 0.2) is 0 Å². The van der Waals surface area contributed by atoms with E-state index in [0.717, 1.165) is 24.8 Å². The highest BCUT2D eigenvalue weighted by atomic mass is 16.5. The van der Waals surface area contributed by atoms with E-state index >= 15 is 0 Å². The maximum Gasteiger partial charge on any atom is 0.311 e. The summed E-state index contributed by atoms with van der Waals surface area (Å²) in [6.07, 6.45) is 13.1. The van der Waals surface area contributed by atoms with E-state index in [2.05, 4.69) is 6.92 Å². The van der Waals surface area contributed by atoms with Crippen molar-refractivity contribution in [3.05, 3.63) is 89.5 Å². The van der Waals surface area contributed by atoms with Crippen molar-refractivity contribution in [1.82, 2.24) is 0 Å². The molecule has 3 aromatic carbocycles. The Morgan fingerprint density at radius 2 is 1.42 bits per heavy atom. The zero-order chi connectivity index (χ0) is 32.3. The van der Waals surface area contributed by atoms with E-state index in [9.17, 15) is 14.7 Å². The summed E-state index contributed by atoms with van der Waals surface area (Å²) in [5, 5.41) is 11.1. The maximum atomic E-state index is 12.5. The third kappa shape index (κ3) is 13.2. The topological polar surface area (TPSA) is 91.3 Å². The first-order valence-electron chi connectivity index (χ1n) is 16.2. The van der Waals surface area contributed by atoms with Crippen LogP contribution in [0, 0.1) is 0 Å². The van der Waals surface area contributed by atoms with E-state index in [1.165, 1.54) is 51.5 Å². The summed E-state index contributed by atoms with van der Waals surface area (Å²) in [5.74, 6) is 0.840. The molecule has 0 aliphatic rings. The Kier molecular flexibility index (Phi) is 15.7. The maximum absolute atomic E-state index is 12.5. The van der Waals surface area contributed by atoms with Gasteiger partial charge in [-0.05, 0) is 43.2 Å². The number of hydrogen-bond donors (Lipinski definition) is 1. The van der Waals surface area contributed by atoms with Gasteiger partial charge in [0, 0.05) is 36.6 Å². The minimum Gasteiger partial charge on any atom is -0.494 e. The summed E-state index contributed by atoms with van der Waals surface area (Å²) in [7, 11) is 0. The van der Waals surface area contributed by atoms with Crippen LogP contribution in [-0.2, 0) is 16.2 Å². The zero-order valence-corrected chi connectivity index (χ0v) is 27.0. The molecule has 0 aliphatic carbocycles. The minimum atomic E-state index is -1.02. The Labute approximate surface area is 268 Å². The SMILES string of the molecule is CCCCCCCCCCCC(=O)Oc1ccc(C=CC(O)c2ccc(OCC)cc2OCc2ccccc2)c(OC(C)=O)c1. The number of esters is 2. The van der Waals surface area contributed by atoms with Gasteiger partial charge in [0.25, 0.3) is 0 Å². The van der Waals surface area contributed by atoms with Crippen LogP contribution in [0.4, 0.5) is 0 Å². The fourth-order valence-electron chi connectivity index (χ4n) is 4.90. The summed E-state index contributed by atoms with van der Waals surface area (Å²) in [4.78, 5) is 24.3. The first-order chi connectivity index (χ1) is 21.9. The van der Waals surface area contributed by atoms with Crippen LogP contribution >= 0.6 is 0 Å². The van der Waals surface area contributed by atoms with Crippen LogP contribution in [0.3, 0.4) is 0 Å². The highest BCUT2D eigenvalue weighted by Gasteiger charge is 2.15. The van der Waals surface area contributed by atoms with Crippen LogP contribution < -0.4 is 18.9 Å². The van der Waals surface area contributed by atoms with Gasteiger partial charge in [-0.25, -0.2) is 0 Å². The van der Waals surface area contributed by atoms with Crippen LogP contribution in [0.15, 0.2) is 72.8 Å². The molecule has 3 rings (SSSR count). The molecule has 0 saturated carbocycles. The fourth-order valence-corrected chi connectivity index (χ4v) is 4.90. The second kappa shape index (κ2) is 20.0. The monoisotopic (exact) mass is 616 g/mol. The Balaban J connectivity index is 1.63. The number of rotatable bonds is 20. The molecule has 3 aromatic rings. The van der Waals surface area contributed by atoms with Crippen molar-refractivity contribution in [3.63, 3.8) is 0 Å². The van der Waals surface area contributed by atoms with Gasteiger partial charge in [-0.1, -0.05) is 101 Å². The van der Waals surface area contributed by atoms with Crippen molar-refractivity contribution in [1.29, 1.82) is 0 Å². The lowest BCUT2D eigenvalue weighted by Crippen LogP contribution is -2.08. The molecule has 45 heavy (non-hydrogen) atoms. The van der Waals surface area contributed by atoms with Gasteiger partial charge in [0.2, 0.25) is 0 Å². The second-order valence-corrected chi connectivity index (χ2v) is 11.1. The standard InChI is InChI=1S/C38H48O7/c1-4-6-7-8-9-10-11-12-16-19-38(41)45-33-22-20-31(36(27-33)44-29(3)39)21-25-35(40)34-24-23-32(42-5-2)26-37(34)43-28-30-17-14-13-15-18-30/h13-15,17-18,20-27,35,40H,4-12,16,19,28H2,1-3H3. The zero-order valence-electron chi connectivity index (χ0n) is 27.0. The molecule has 0 spiro atoms. The number of benzene rings is 3. The van der Waals surface area contributed by atoms with Crippen molar-refractivity contribution < 1.29 is 33.6 Å². The third-order valence-electron chi connectivity index (χ3n) is 7.26. The fraction of sp³-hybridized carbons (Fsp3) is 0.421. The van der Waals surface area contributed by atoms with Gasteiger partial charge in [0.1, 0.15) is 35.7 Å². The molecular formula is C38H48O7. The van der Waals surface area contributed by atoms with E-state index in [1.807, 2.05) is 37.3 Å². The molecule has 242 valence electrons. The number of hydrogen-bond acceptors (Lipinski definition) is 7. The van der Waals surface area contributed by atoms with E-state index in [0.29, 0.717) is 48.0 Å². The first kappa shape index (κ1) is 35.4. The average molecular weight is 617 g/mol. The van der Waals surface area contributed by atoms with E-state index in [1.54, 1.807) is 42.5 Å². The molecule has 0 fully saturated rings. The molecule has 0 amide bonds. The molecule has 0 heterocycles. The summed E-state index contributed by atoms with van der Waals surface area (Å²) >= 11 is 0. The molecule has 7 nitrogen and oxygen atoms in total. The summed E-state index contributed by atoms with van der Waals surface area (Å²) < 4.78 is 22.7. The van der Waals surface area contributed by atoms with Gasteiger partial charge < -0.3 is 24.1 Å². The van der Waals surface area contributed by atoms with Crippen molar-refractivity contribution in [2.75, 3.05) is 6.61 Å². The summed E-state index contributed by atoms with van der Waals surface area (Å²) in [6.45, 7) is 6.26. The van der Waals surface area contributed by atoms with Gasteiger partial charge in [-0.2, -0.15) is 0 Å². The van der Waals surface area contributed by atoms with Crippen molar-refractivity contribution in [2.24, 2.45) is 0 Å². The van der Waals surface area contributed by atoms with Crippen LogP contribution in [0.25, 0.3) is 6.08 Å². The first-order valence-corrected chi connectivity index (χ1v) is 16.2. The van der Waals surface area contributed by atoms with Crippen molar-refractivity contribution in [2.45, 2.75) is 97.7 Å². The molecule has 0 aromatic heterocycles. The quantitative estimate of drug-likeness (QED) is 0.0769. The van der Waals surface area contributed by atoms with Gasteiger partial charge in [-0.3, -0.25) is 9.59 Å². The lowest BCUT2D eigenvalue weighted by Gasteiger charge is -2.16. The minimum absolute atomic E-state index is 0.228. The number of carbonyl (C=O) groups excluding carboxylic acids is 2. The average Bonchev–Trinajstić information content (AvgIpc) is 3.03. The van der Waals surface area contributed by atoms with E-state index < -0.39 is 12.1 Å². The largest absolute Gasteiger partial charge is 0.494 e. The molecular weight excluding hydrogens is 568 g/mol. The third-order valence-corrected chi connectivity index (χ3v) is 7.26. The molecule has 1 N–H and O–H groups in total. The Hall–Kier alpha value is -4.10. The van der Waals surface area contributed by atoms with Crippen LogP contribution in [0.1, 0.15) is 108 Å². The predicted molar refractivity (Wildman–Crippen MR) is 178 cm³/mol. The molecule has 1 unspecified atom stereocenters. The smallest absolute Gasteiger partial charge is 0.311 e. The normalized spacial score (nSPS) is 11.7. The summed E-state index contributed by atoms with van der Waals surface area (Å²) in [5.41, 5.74) is 2.10. The molecule has 0 bridgehead atoms. The number of unbranched alkanes of at least 4 members (excludes halogenated alkanes) is 8. The van der Waals surface area contributed by atoms with Gasteiger partial charge in [-0.15, -0.1) is 0 Å². The second-order valence-electron chi connectivity index (χ2n) is 11.1. The number of aliphatic hydroxyl groups is 1. The number of carbonyl (C=O) groups is 2. The lowest BCUT2D eigenvalue weighted by molar-refractivity contribution is -0.134. The van der Waals surface area contributed by atoms with E-state index in [4.69, 9.17) is 18.9 Å². The van der Waals surface area contributed by atoms with Crippen LogP contribution in [-0.4, -0.2) is 23.7 Å². The van der Waals surface area contributed by atoms with Crippen LogP contribution in [0.5, 0.6) is 23.0 Å². The van der Waals surface area contributed by atoms with Crippen molar-refractivity contribution >= 4 is 18.0 Å². The Morgan fingerprint density at radius 1 is 0.756 bits per heavy atom. The summed E-state index contributed by atoms with van der Waals surface area (Å²) in [6, 6.07) is 19.9. The van der Waals surface area contributed by atoms with Crippen LogP contribution in [0.2, 0.25) is 0 Å². The Bertz CT molecular complexity index is 1350. The molecule has 0 radical (unpaired) electrons. The molecule has 0 saturated heterocycles. The van der Waals surface area contributed by atoms with Crippen molar-refractivity contribution in [3.8, 4) is 23.0 Å². The molecule has 7 heteroatoms. The number of ether oxygens (including phenoxy) is 4. The van der Waals surface area contributed by atoms with Gasteiger partial charge >= 0.3 is 11.9 Å². The number of aliphatic hydroxyl groups excluding tert-OH is 1. The molecule has 0 aliphatic heterocycles. The predicted octanol–water partition coefficient (Wildman–Crippen LogP) is 9.16. The van der Waals surface area contributed by atoms with E-state index in [-0.39, 0.29) is 11.7 Å². The lowest BCUT2D eigenvalue weighted by atomic mass is 10.1.